The summed E-state index contributed by atoms with van der Waals surface area (Å²) in [5, 5.41) is 0. The summed E-state index contributed by atoms with van der Waals surface area (Å²) < 4.78 is 4.49. The number of hydrogen-bond donors (Lipinski definition) is 0. The van der Waals surface area contributed by atoms with E-state index in [1.54, 1.807) is 0 Å². The monoisotopic (exact) mass is 315 g/mol. The molecule has 0 saturated carbocycles. The van der Waals surface area contributed by atoms with Crippen LogP contribution in [0, 0.1) is 14.0 Å². The lowest BCUT2D eigenvalue weighted by atomic mass is 10.0. The summed E-state index contributed by atoms with van der Waals surface area (Å²) in [6.07, 6.45) is -0.634. The van der Waals surface area contributed by atoms with Gasteiger partial charge in [-0.3, -0.25) is 0 Å². The molecule has 0 aliphatic heterocycles. The van der Waals surface area contributed by atoms with E-state index in [1.165, 1.54) is 4.90 Å². The smallest absolute Gasteiger partial charge is 0.419 e. The number of benzene rings is 3. The third-order valence-electron chi connectivity index (χ3n) is 3.73. The molecule has 3 aromatic carbocycles. The second-order valence-electron chi connectivity index (χ2n) is 5.48. The summed E-state index contributed by atoms with van der Waals surface area (Å²) in [5.41, 5.74) is 4.54. The predicted molar refractivity (Wildman–Crippen MR) is 96.0 cm³/mol. The molecule has 0 heterocycles. The Morgan fingerprint density at radius 2 is 1.46 bits per heavy atom. The van der Waals surface area contributed by atoms with Gasteiger partial charge in [-0.05, 0) is 47.9 Å². The number of carbonyl (C=O) groups excluding carboxylic acids is 1. The van der Waals surface area contributed by atoms with Gasteiger partial charge in [0.05, 0.1) is 11.4 Å². The van der Waals surface area contributed by atoms with Crippen molar-refractivity contribution in [1.29, 1.82) is 0 Å². The van der Waals surface area contributed by atoms with Gasteiger partial charge in [0.25, 0.3) is 0 Å². The summed E-state index contributed by atoms with van der Waals surface area (Å²) in [6.45, 7) is 1.99. The van der Waals surface area contributed by atoms with Crippen LogP contribution in [0.5, 0.6) is 0 Å². The lowest BCUT2D eigenvalue weighted by Crippen LogP contribution is -2.25. The van der Waals surface area contributed by atoms with Gasteiger partial charge in [-0.1, -0.05) is 54.6 Å². The Morgan fingerprint density at radius 3 is 2.08 bits per heavy atom. The highest BCUT2D eigenvalue weighted by atomic mass is 16.5. The molecule has 0 atom stereocenters. The Bertz CT molecular complexity index is 829. The predicted octanol–water partition coefficient (Wildman–Crippen LogP) is 5.61. The van der Waals surface area contributed by atoms with Crippen LogP contribution in [0.2, 0.25) is 0 Å². The third kappa shape index (κ3) is 3.30. The number of ether oxygens (including phenoxy) is 1. The molecule has 0 aromatic heterocycles. The van der Waals surface area contributed by atoms with Gasteiger partial charge < -0.3 is 4.74 Å². The molecule has 3 rings (SSSR count). The number of rotatable bonds is 3. The van der Waals surface area contributed by atoms with E-state index >= 15 is 0 Å². The zero-order valence-corrected chi connectivity index (χ0v) is 13.3. The summed E-state index contributed by atoms with van der Waals surface area (Å²) in [4.78, 5) is 13.7. The molecule has 0 bridgehead atoms. The number of nitrogens with zero attached hydrogens (tertiary/aromatic N) is 1. The van der Waals surface area contributed by atoms with Crippen molar-refractivity contribution in [3.63, 3.8) is 0 Å². The molecule has 2 radical (unpaired) electrons. The highest BCUT2D eigenvalue weighted by Crippen LogP contribution is 2.31. The molecule has 3 aromatic rings. The lowest BCUT2D eigenvalue weighted by molar-refractivity contribution is 0.194. The second-order valence-corrected chi connectivity index (χ2v) is 5.48. The summed E-state index contributed by atoms with van der Waals surface area (Å²) in [6, 6.07) is 25.3. The van der Waals surface area contributed by atoms with Gasteiger partial charge in [-0.2, -0.15) is 0 Å². The van der Waals surface area contributed by atoms with Gasteiger partial charge in [0, 0.05) is 0 Å². The van der Waals surface area contributed by atoms with Crippen molar-refractivity contribution >= 4 is 17.5 Å². The highest BCUT2D eigenvalue weighted by Gasteiger charge is 2.19. The van der Waals surface area contributed by atoms with Crippen LogP contribution in [0.4, 0.5) is 16.2 Å². The Hall–Kier alpha value is -3.07. The average Bonchev–Trinajstić information content (AvgIpc) is 2.63. The molecular weight excluding hydrogens is 298 g/mol. The molecule has 118 valence electrons. The number of amides is 1. The van der Waals surface area contributed by atoms with Crippen LogP contribution >= 0.6 is 0 Å². The second kappa shape index (κ2) is 7.01. The molecular formula is C21H17NO2. The standard InChI is InChI=1S/C21H17NO2/c1-16-13-18(17-9-5-3-6-10-17)15-20(14-16)22(21(23)24-2)19-11-7-4-8-12-19/h2-15H,1H3. The van der Waals surface area contributed by atoms with Crippen LogP contribution in [0.15, 0.2) is 78.9 Å². The largest absolute Gasteiger partial charge is 0.437 e. The van der Waals surface area contributed by atoms with Gasteiger partial charge in [0.1, 0.15) is 0 Å². The molecule has 0 unspecified atom stereocenters. The van der Waals surface area contributed by atoms with Crippen LogP contribution in [-0.4, -0.2) is 6.09 Å². The van der Waals surface area contributed by atoms with Crippen molar-refractivity contribution in [2.75, 3.05) is 4.90 Å². The van der Waals surface area contributed by atoms with Gasteiger partial charge in [0.2, 0.25) is 0 Å². The first-order chi connectivity index (χ1) is 11.7. The zero-order valence-electron chi connectivity index (χ0n) is 13.3. The summed E-state index contributed by atoms with van der Waals surface area (Å²) in [5.74, 6) is 0. The minimum absolute atomic E-state index is 0.634. The maximum Gasteiger partial charge on any atom is 0.419 e. The molecule has 0 aliphatic carbocycles. The fourth-order valence-corrected chi connectivity index (χ4v) is 2.68. The molecule has 0 fully saturated rings. The van der Waals surface area contributed by atoms with Crippen LogP contribution in [0.3, 0.4) is 0 Å². The highest BCUT2D eigenvalue weighted by molar-refractivity contribution is 5.97. The Morgan fingerprint density at radius 1 is 0.833 bits per heavy atom. The van der Waals surface area contributed by atoms with Crippen molar-refractivity contribution in [2.45, 2.75) is 6.92 Å². The van der Waals surface area contributed by atoms with E-state index in [0.717, 1.165) is 16.7 Å². The van der Waals surface area contributed by atoms with Crippen molar-refractivity contribution in [1.82, 2.24) is 0 Å². The van der Waals surface area contributed by atoms with Crippen molar-refractivity contribution in [3.05, 3.63) is 91.5 Å². The summed E-state index contributed by atoms with van der Waals surface area (Å²) in [7, 11) is 5.14. The van der Waals surface area contributed by atoms with E-state index in [0.29, 0.717) is 11.4 Å². The van der Waals surface area contributed by atoms with Gasteiger partial charge in [0.15, 0.2) is 7.11 Å². The van der Waals surface area contributed by atoms with E-state index in [-0.39, 0.29) is 0 Å². The number of anilines is 2. The number of hydrogen-bond acceptors (Lipinski definition) is 2. The summed E-state index contributed by atoms with van der Waals surface area (Å²) >= 11 is 0. The Kier molecular flexibility index (Phi) is 4.62. The first kappa shape index (κ1) is 15.8. The molecule has 3 nitrogen and oxygen atoms in total. The molecule has 0 N–H and O–H groups in total. The number of aryl methyl sites for hydroxylation is 1. The van der Waals surface area contributed by atoms with E-state index in [9.17, 15) is 4.79 Å². The van der Waals surface area contributed by atoms with Crippen molar-refractivity contribution in [2.24, 2.45) is 0 Å². The van der Waals surface area contributed by atoms with E-state index in [1.807, 2.05) is 79.7 Å². The van der Waals surface area contributed by atoms with Crippen LogP contribution in [0.25, 0.3) is 11.1 Å². The molecule has 0 aliphatic rings. The minimum Gasteiger partial charge on any atom is -0.437 e. The fourth-order valence-electron chi connectivity index (χ4n) is 2.68. The first-order valence-corrected chi connectivity index (χ1v) is 7.62. The molecule has 1 amide bonds. The van der Waals surface area contributed by atoms with Gasteiger partial charge >= 0.3 is 6.09 Å². The molecule has 0 saturated heterocycles. The van der Waals surface area contributed by atoms with Crippen LogP contribution in [0.1, 0.15) is 5.56 Å². The van der Waals surface area contributed by atoms with E-state index < -0.39 is 6.09 Å². The number of para-hydroxylation sites is 1. The third-order valence-corrected chi connectivity index (χ3v) is 3.73. The number of carbonyl (C=O) groups is 1. The lowest BCUT2D eigenvalue weighted by Gasteiger charge is -2.22. The van der Waals surface area contributed by atoms with Gasteiger partial charge in [-0.25, -0.2) is 9.69 Å². The van der Waals surface area contributed by atoms with E-state index in [2.05, 4.69) is 10.8 Å². The Balaban J connectivity index is 2.12. The Labute approximate surface area is 142 Å². The van der Waals surface area contributed by atoms with Crippen molar-refractivity contribution < 1.29 is 9.53 Å². The molecule has 0 spiro atoms. The maximum atomic E-state index is 12.3. The average molecular weight is 315 g/mol. The maximum absolute atomic E-state index is 12.3. The quantitative estimate of drug-likeness (QED) is 0.629. The van der Waals surface area contributed by atoms with Crippen LogP contribution in [-0.2, 0) is 4.74 Å². The first-order valence-electron chi connectivity index (χ1n) is 7.62. The van der Waals surface area contributed by atoms with Crippen molar-refractivity contribution in [3.8, 4) is 11.1 Å². The fraction of sp³-hybridized carbons (Fsp3) is 0.0476. The van der Waals surface area contributed by atoms with Crippen LogP contribution < -0.4 is 4.90 Å². The normalized spacial score (nSPS) is 10.2. The van der Waals surface area contributed by atoms with Gasteiger partial charge in [-0.15, -0.1) is 0 Å². The van der Waals surface area contributed by atoms with E-state index in [4.69, 9.17) is 7.11 Å². The molecule has 3 heteroatoms. The topological polar surface area (TPSA) is 29.5 Å². The minimum atomic E-state index is -0.634. The molecule has 24 heavy (non-hydrogen) atoms. The SMILES string of the molecule is [CH]OC(=O)N(c1ccccc1)c1cc(C)cc(-c2ccccc2)c1. The zero-order chi connectivity index (χ0) is 16.9.